The first-order chi connectivity index (χ1) is 13.4. The Bertz CT molecular complexity index is 830. The van der Waals surface area contributed by atoms with Crippen LogP contribution in [0.1, 0.15) is 43.2 Å². The maximum Gasteiger partial charge on any atom is 0.331 e. The van der Waals surface area contributed by atoms with Gasteiger partial charge in [0.05, 0.1) is 0 Å². The Labute approximate surface area is 174 Å². The fourth-order valence-corrected chi connectivity index (χ4v) is 4.60. The molecule has 1 aromatic carbocycles. The molecule has 2 atom stereocenters. The van der Waals surface area contributed by atoms with Crippen molar-refractivity contribution in [2.24, 2.45) is 11.7 Å². The van der Waals surface area contributed by atoms with Crippen LogP contribution in [0, 0.1) is 11.7 Å². The molecule has 1 unspecified atom stereocenters. The summed E-state index contributed by atoms with van der Waals surface area (Å²) in [6, 6.07) is 3.94. The number of nitrogens with zero attached hydrogens (tertiary/aromatic N) is 1. The number of carbonyl (C=O) groups excluding carboxylic acids is 3. The predicted molar refractivity (Wildman–Crippen MR) is 105 cm³/mol. The van der Waals surface area contributed by atoms with Crippen molar-refractivity contribution in [2.45, 2.75) is 50.1 Å². The number of urea groups is 1. The topological polar surface area (TPSA) is 102 Å². The summed E-state index contributed by atoms with van der Waals surface area (Å²) in [5, 5.41) is 2.31. The van der Waals surface area contributed by atoms with Crippen molar-refractivity contribution in [3.8, 4) is 0 Å². The Morgan fingerprint density at radius 2 is 1.97 bits per heavy atom. The number of nitrogens with one attached hydrogen (secondary N) is 1. The summed E-state index contributed by atoms with van der Waals surface area (Å²) in [4.78, 5) is 38.7. The van der Waals surface area contributed by atoms with Crippen LogP contribution in [0.2, 0.25) is 0 Å². The molecule has 2 aliphatic heterocycles. The summed E-state index contributed by atoms with van der Waals surface area (Å²) in [5.74, 6) is -2.28. The van der Waals surface area contributed by atoms with Gasteiger partial charge in [-0.15, -0.1) is 12.4 Å². The van der Waals surface area contributed by atoms with Crippen LogP contribution >= 0.6 is 12.4 Å². The minimum Gasteiger partial charge on any atom is -0.381 e. The molecule has 2 saturated heterocycles. The normalized spacial score (nSPS) is 27.4. The minimum atomic E-state index is -0.960. The summed E-state index contributed by atoms with van der Waals surface area (Å²) in [5.41, 5.74) is 7.13. The fraction of sp³-hybridized carbons (Fsp3) is 0.550. The molecule has 4 amide bonds. The first-order valence-corrected chi connectivity index (χ1v) is 9.73. The maximum atomic E-state index is 14.0. The first kappa shape index (κ1) is 21.7. The van der Waals surface area contributed by atoms with Crippen LogP contribution in [-0.4, -0.2) is 42.0 Å². The van der Waals surface area contributed by atoms with Gasteiger partial charge in [-0.25, -0.2) is 9.18 Å². The van der Waals surface area contributed by atoms with Crippen LogP contribution < -0.4 is 11.1 Å². The van der Waals surface area contributed by atoms with Crippen molar-refractivity contribution in [1.29, 1.82) is 0 Å². The highest BCUT2D eigenvalue weighted by molar-refractivity contribution is 6.16. The van der Waals surface area contributed by atoms with Gasteiger partial charge in [-0.3, -0.25) is 19.8 Å². The summed E-state index contributed by atoms with van der Waals surface area (Å²) in [7, 11) is 0. The third-order valence-corrected chi connectivity index (χ3v) is 6.21. The second-order valence-electron chi connectivity index (χ2n) is 7.86. The molecule has 7 nitrogen and oxygen atoms in total. The van der Waals surface area contributed by atoms with Crippen molar-refractivity contribution < 1.29 is 23.5 Å². The lowest BCUT2D eigenvalue weighted by Crippen LogP contribution is -2.61. The van der Waals surface area contributed by atoms with E-state index in [4.69, 9.17) is 10.5 Å². The van der Waals surface area contributed by atoms with E-state index in [1.807, 2.05) is 6.07 Å². The third-order valence-electron chi connectivity index (χ3n) is 6.21. The van der Waals surface area contributed by atoms with Gasteiger partial charge in [-0.2, -0.15) is 0 Å². The SMILES string of the molecule is Cl.N[C@@]1(CCC2C(=O)NC(=O)N(C3CCOCC3)C2=O)CCc2c(F)cccc21. The number of hydrogen-bond donors (Lipinski definition) is 2. The van der Waals surface area contributed by atoms with E-state index in [0.29, 0.717) is 50.9 Å². The van der Waals surface area contributed by atoms with E-state index in [-0.39, 0.29) is 30.7 Å². The van der Waals surface area contributed by atoms with Gasteiger partial charge in [0.25, 0.3) is 0 Å². The first-order valence-electron chi connectivity index (χ1n) is 9.73. The number of amides is 4. The van der Waals surface area contributed by atoms with Gasteiger partial charge in [-0.1, -0.05) is 12.1 Å². The molecule has 1 aromatic rings. The number of halogens is 2. The molecule has 0 aromatic heterocycles. The van der Waals surface area contributed by atoms with Crippen LogP contribution in [0.3, 0.4) is 0 Å². The zero-order valence-corrected chi connectivity index (χ0v) is 16.8. The van der Waals surface area contributed by atoms with Gasteiger partial charge < -0.3 is 10.5 Å². The van der Waals surface area contributed by atoms with Gasteiger partial charge in [0.1, 0.15) is 11.7 Å². The predicted octanol–water partition coefficient (Wildman–Crippen LogP) is 2.00. The molecule has 3 aliphatic rings. The summed E-state index contributed by atoms with van der Waals surface area (Å²) >= 11 is 0. The second-order valence-corrected chi connectivity index (χ2v) is 7.86. The number of nitrogens with two attached hydrogens (primary N) is 1. The monoisotopic (exact) mass is 425 g/mol. The zero-order chi connectivity index (χ0) is 19.9. The fourth-order valence-electron chi connectivity index (χ4n) is 4.60. The number of benzene rings is 1. The Hall–Kier alpha value is -2.03. The Morgan fingerprint density at radius 3 is 2.69 bits per heavy atom. The molecule has 1 aliphatic carbocycles. The largest absolute Gasteiger partial charge is 0.381 e. The molecular formula is C20H25ClFN3O4. The summed E-state index contributed by atoms with van der Waals surface area (Å²) in [6.07, 6.45) is 2.80. The quantitative estimate of drug-likeness (QED) is 0.718. The molecule has 0 spiro atoms. The molecule has 0 bridgehead atoms. The molecule has 0 radical (unpaired) electrons. The Kier molecular flexibility index (Phi) is 6.26. The van der Waals surface area contributed by atoms with Gasteiger partial charge in [0.15, 0.2) is 0 Å². The molecule has 158 valence electrons. The van der Waals surface area contributed by atoms with Gasteiger partial charge >= 0.3 is 6.03 Å². The van der Waals surface area contributed by atoms with E-state index in [0.717, 1.165) is 5.56 Å². The molecular weight excluding hydrogens is 401 g/mol. The molecule has 2 fully saturated rings. The van der Waals surface area contributed by atoms with Gasteiger partial charge in [0, 0.05) is 24.8 Å². The maximum absolute atomic E-state index is 14.0. The van der Waals surface area contributed by atoms with Gasteiger partial charge in [-0.05, 0) is 55.7 Å². The zero-order valence-electron chi connectivity index (χ0n) is 16.0. The number of barbiturate groups is 1. The second kappa shape index (κ2) is 8.38. The molecule has 0 saturated carbocycles. The molecule has 4 rings (SSSR count). The highest BCUT2D eigenvalue weighted by Gasteiger charge is 2.45. The van der Waals surface area contributed by atoms with Crippen molar-refractivity contribution in [1.82, 2.24) is 10.2 Å². The van der Waals surface area contributed by atoms with Crippen molar-refractivity contribution in [2.75, 3.05) is 13.2 Å². The van der Waals surface area contributed by atoms with Crippen LogP contribution in [0.25, 0.3) is 0 Å². The standard InChI is InChI=1S/C20H24FN3O4.ClH/c21-16-3-1-2-15-13(16)4-8-20(15,22)9-5-14-17(25)23-19(27)24(18(14)26)12-6-10-28-11-7-12;/h1-3,12,14H,4-11,22H2,(H,23,25,27);1H/t14?,20-;/m1./s1. The number of hydrogen-bond acceptors (Lipinski definition) is 5. The van der Waals surface area contributed by atoms with E-state index in [2.05, 4.69) is 5.32 Å². The minimum absolute atomic E-state index is 0. The summed E-state index contributed by atoms with van der Waals surface area (Å²) < 4.78 is 19.3. The van der Waals surface area contributed by atoms with Crippen molar-refractivity contribution in [3.63, 3.8) is 0 Å². The average Bonchev–Trinajstić information content (AvgIpc) is 3.01. The Balaban J connectivity index is 0.00000240. The number of rotatable bonds is 4. The van der Waals surface area contributed by atoms with E-state index in [1.165, 1.54) is 11.0 Å². The third kappa shape index (κ3) is 3.89. The van der Waals surface area contributed by atoms with Crippen LogP contribution in [0.4, 0.5) is 9.18 Å². The van der Waals surface area contributed by atoms with E-state index < -0.39 is 29.3 Å². The lowest BCUT2D eigenvalue weighted by Gasteiger charge is -2.38. The number of fused-ring (bicyclic) bond motifs is 1. The molecule has 9 heteroatoms. The Morgan fingerprint density at radius 1 is 1.24 bits per heavy atom. The summed E-state index contributed by atoms with van der Waals surface area (Å²) in [6.45, 7) is 0.962. The van der Waals surface area contributed by atoms with Gasteiger partial charge in [0.2, 0.25) is 11.8 Å². The highest BCUT2D eigenvalue weighted by Crippen LogP contribution is 2.40. The highest BCUT2D eigenvalue weighted by atomic mass is 35.5. The number of carbonyl (C=O) groups is 3. The van der Waals surface area contributed by atoms with E-state index in [1.54, 1.807) is 6.07 Å². The lowest BCUT2D eigenvalue weighted by molar-refractivity contribution is -0.145. The molecule has 3 N–H and O–H groups in total. The van der Waals surface area contributed by atoms with Crippen molar-refractivity contribution >= 4 is 30.3 Å². The number of imide groups is 2. The van der Waals surface area contributed by atoms with E-state index >= 15 is 0 Å². The van der Waals surface area contributed by atoms with Crippen LogP contribution in [0.15, 0.2) is 18.2 Å². The van der Waals surface area contributed by atoms with Crippen LogP contribution in [0.5, 0.6) is 0 Å². The van der Waals surface area contributed by atoms with E-state index in [9.17, 15) is 18.8 Å². The lowest BCUT2D eigenvalue weighted by atomic mass is 9.84. The smallest absolute Gasteiger partial charge is 0.331 e. The molecule has 2 heterocycles. The molecule has 29 heavy (non-hydrogen) atoms. The number of ether oxygens (including phenoxy) is 1. The average molecular weight is 426 g/mol. The van der Waals surface area contributed by atoms with Crippen molar-refractivity contribution in [3.05, 3.63) is 35.1 Å². The van der Waals surface area contributed by atoms with Crippen LogP contribution in [-0.2, 0) is 26.3 Å².